The summed E-state index contributed by atoms with van der Waals surface area (Å²) in [6, 6.07) is 15.6. The van der Waals surface area contributed by atoms with E-state index in [9.17, 15) is 4.39 Å². The van der Waals surface area contributed by atoms with Gasteiger partial charge < -0.3 is 14.5 Å². The minimum atomic E-state index is -1.13. The Kier molecular flexibility index (Phi) is 4.53. The molecule has 4 nitrogen and oxygen atoms in total. The molecule has 0 amide bonds. The van der Waals surface area contributed by atoms with Gasteiger partial charge in [0.15, 0.2) is 0 Å². The van der Waals surface area contributed by atoms with Crippen molar-refractivity contribution in [1.29, 1.82) is 0 Å². The van der Waals surface area contributed by atoms with Gasteiger partial charge in [0.05, 0.1) is 12.6 Å². The van der Waals surface area contributed by atoms with Gasteiger partial charge >= 0.3 is 0 Å². The first-order valence-corrected chi connectivity index (χ1v) is 11.3. The molecule has 3 saturated heterocycles. The van der Waals surface area contributed by atoms with Crippen molar-refractivity contribution in [2.75, 3.05) is 32.7 Å². The molecule has 5 aliphatic rings. The number of nitrogens with zero attached hydrogens (tertiary/aromatic N) is 3. The molecule has 0 spiro atoms. The molecule has 2 aromatic rings. The molecule has 5 heterocycles. The van der Waals surface area contributed by atoms with Crippen molar-refractivity contribution in [3.63, 3.8) is 0 Å². The van der Waals surface area contributed by atoms with Gasteiger partial charge in [0.1, 0.15) is 17.6 Å². The lowest BCUT2D eigenvalue weighted by Gasteiger charge is -2.50. The molecule has 0 N–H and O–H groups in total. The Morgan fingerprint density at radius 2 is 1.77 bits per heavy atom. The number of hydrogen-bond donors (Lipinski definition) is 0. The maximum absolute atomic E-state index is 15.6. The highest BCUT2D eigenvalue weighted by molar-refractivity contribution is 5.77. The van der Waals surface area contributed by atoms with Crippen molar-refractivity contribution in [2.45, 2.75) is 37.1 Å². The van der Waals surface area contributed by atoms with Crippen molar-refractivity contribution in [2.24, 2.45) is 10.9 Å². The Hall–Kier alpha value is -2.47. The zero-order valence-electron chi connectivity index (χ0n) is 17.5. The molecule has 3 atom stereocenters. The van der Waals surface area contributed by atoms with Crippen LogP contribution in [0, 0.1) is 11.7 Å². The topological polar surface area (TPSA) is 28.1 Å². The lowest BCUT2D eigenvalue weighted by atomic mass is 9.73. The Labute approximate surface area is 181 Å². The Balaban J connectivity index is 1.29. The maximum Gasteiger partial charge on any atom is 0.288 e. The molecule has 2 bridgehead atoms. The van der Waals surface area contributed by atoms with E-state index in [-0.39, 0.29) is 23.9 Å². The first-order chi connectivity index (χ1) is 15.1. The molecule has 7 rings (SSSR count). The molecule has 2 aromatic carbocycles. The summed E-state index contributed by atoms with van der Waals surface area (Å²) < 4.78 is 35.6. The first kappa shape index (κ1) is 19.2. The molecule has 0 aromatic heterocycles. The van der Waals surface area contributed by atoms with Gasteiger partial charge in [-0.05, 0) is 48.1 Å². The van der Waals surface area contributed by atoms with Gasteiger partial charge in [0.25, 0.3) is 6.02 Å². The van der Waals surface area contributed by atoms with E-state index in [1.807, 2.05) is 18.2 Å². The van der Waals surface area contributed by atoms with E-state index in [0.717, 1.165) is 38.2 Å². The molecule has 0 saturated carbocycles. The van der Waals surface area contributed by atoms with Gasteiger partial charge in [-0.3, -0.25) is 0 Å². The van der Waals surface area contributed by atoms with Gasteiger partial charge in [-0.2, -0.15) is 0 Å². The first-order valence-electron chi connectivity index (χ1n) is 11.3. The summed E-state index contributed by atoms with van der Waals surface area (Å²) in [5, 5.41) is 0. The lowest BCUT2D eigenvalue weighted by Crippen LogP contribution is -2.60. The van der Waals surface area contributed by atoms with Crippen LogP contribution in [0.3, 0.4) is 0 Å². The quantitative estimate of drug-likeness (QED) is 0.732. The minimum Gasteiger partial charge on any atom is -0.459 e. The van der Waals surface area contributed by atoms with Crippen molar-refractivity contribution in [1.82, 2.24) is 9.80 Å². The number of fused-ring (bicyclic) bond motifs is 4. The SMILES string of the molecule is Fc1ccc([C@H]2c3ccccc3CCN2C2=NC[C@H](C3CN4CCC3(F)CC4)O2)cc1. The number of aliphatic imine (C=N–C) groups is 1. The summed E-state index contributed by atoms with van der Waals surface area (Å²) >= 11 is 0. The van der Waals surface area contributed by atoms with Crippen LogP contribution in [0.1, 0.15) is 35.6 Å². The van der Waals surface area contributed by atoms with Crippen molar-refractivity contribution in [3.05, 3.63) is 71.0 Å². The van der Waals surface area contributed by atoms with Gasteiger partial charge in [0, 0.05) is 32.1 Å². The Morgan fingerprint density at radius 3 is 2.55 bits per heavy atom. The van der Waals surface area contributed by atoms with E-state index in [1.165, 1.54) is 23.3 Å². The molecule has 1 unspecified atom stereocenters. The van der Waals surface area contributed by atoms with Gasteiger partial charge in [0.2, 0.25) is 0 Å². The smallest absolute Gasteiger partial charge is 0.288 e. The average Bonchev–Trinajstić information content (AvgIpc) is 3.29. The highest BCUT2D eigenvalue weighted by Gasteiger charge is 2.53. The van der Waals surface area contributed by atoms with Crippen LogP contribution >= 0.6 is 0 Å². The number of piperidine rings is 3. The minimum absolute atomic E-state index is 0.0889. The largest absolute Gasteiger partial charge is 0.459 e. The monoisotopic (exact) mass is 423 g/mol. The fourth-order valence-corrected chi connectivity index (χ4v) is 5.89. The van der Waals surface area contributed by atoms with Crippen molar-refractivity contribution in [3.8, 4) is 0 Å². The van der Waals surface area contributed by atoms with E-state index in [4.69, 9.17) is 9.73 Å². The second-order valence-corrected chi connectivity index (χ2v) is 9.32. The van der Waals surface area contributed by atoms with E-state index in [2.05, 4.69) is 28.0 Å². The molecule has 0 radical (unpaired) electrons. The molecule has 3 fully saturated rings. The highest BCUT2D eigenvalue weighted by atomic mass is 19.1. The number of alkyl halides is 1. The van der Waals surface area contributed by atoms with E-state index in [1.54, 1.807) is 0 Å². The zero-order valence-corrected chi connectivity index (χ0v) is 17.5. The van der Waals surface area contributed by atoms with Crippen LogP contribution in [0.4, 0.5) is 8.78 Å². The third kappa shape index (κ3) is 3.23. The molecule has 31 heavy (non-hydrogen) atoms. The van der Waals surface area contributed by atoms with Crippen molar-refractivity contribution >= 4 is 6.02 Å². The second-order valence-electron chi connectivity index (χ2n) is 9.32. The second kappa shape index (κ2) is 7.30. The molecule has 5 aliphatic heterocycles. The normalized spacial score (nSPS) is 34.3. The highest BCUT2D eigenvalue weighted by Crippen LogP contribution is 2.44. The Morgan fingerprint density at radius 1 is 1.00 bits per heavy atom. The fourth-order valence-electron chi connectivity index (χ4n) is 5.89. The maximum atomic E-state index is 15.6. The van der Waals surface area contributed by atoms with Crippen LogP contribution in [-0.2, 0) is 11.2 Å². The lowest BCUT2D eigenvalue weighted by molar-refractivity contribution is -0.0982. The van der Waals surface area contributed by atoms with Crippen LogP contribution in [0.5, 0.6) is 0 Å². The summed E-state index contributed by atoms with van der Waals surface area (Å²) in [7, 11) is 0. The third-order valence-corrected chi connectivity index (χ3v) is 7.63. The number of rotatable bonds is 2. The Bertz CT molecular complexity index is 1000. The van der Waals surface area contributed by atoms with Gasteiger partial charge in [-0.25, -0.2) is 13.8 Å². The van der Waals surface area contributed by atoms with Crippen LogP contribution < -0.4 is 0 Å². The third-order valence-electron chi connectivity index (χ3n) is 7.63. The van der Waals surface area contributed by atoms with Crippen LogP contribution in [0.2, 0.25) is 0 Å². The predicted octanol–water partition coefficient (Wildman–Crippen LogP) is 3.96. The zero-order chi connectivity index (χ0) is 21.0. The van der Waals surface area contributed by atoms with Gasteiger partial charge in [-0.1, -0.05) is 36.4 Å². The molecule has 162 valence electrons. The van der Waals surface area contributed by atoms with E-state index >= 15 is 4.39 Å². The number of amidine groups is 1. The van der Waals surface area contributed by atoms with Crippen LogP contribution in [0.15, 0.2) is 53.5 Å². The molecule has 6 heteroatoms. The molecule has 0 aliphatic carbocycles. The number of halogens is 2. The molecular formula is C25H27F2N3O. The van der Waals surface area contributed by atoms with Crippen molar-refractivity contribution < 1.29 is 13.5 Å². The van der Waals surface area contributed by atoms with E-state index < -0.39 is 5.67 Å². The number of ether oxygens (including phenoxy) is 1. The van der Waals surface area contributed by atoms with E-state index in [0.29, 0.717) is 25.4 Å². The predicted molar refractivity (Wildman–Crippen MR) is 115 cm³/mol. The summed E-state index contributed by atoms with van der Waals surface area (Å²) in [5.74, 6) is -0.373. The standard InChI is InChI=1S/C25H27F2N3O/c26-19-7-5-18(6-8-19)23-20-4-2-1-3-17(20)9-12-30(23)24-28-15-22(31-24)21-16-29-13-10-25(21,27)11-14-29/h1-8,21-23H,9-16H2/t21?,22-,23+/m1/s1. The van der Waals surface area contributed by atoms with Crippen LogP contribution in [0.25, 0.3) is 0 Å². The fraction of sp³-hybridized carbons (Fsp3) is 0.480. The molecular weight excluding hydrogens is 396 g/mol. The summed E-state index contributed by atoms with van der Waals surface area (Å²) in [6.45, 7) is 3.73. The summed E-state index contributed by atoms with van der Waals surface area (Å²) in [6.07, 6.45) is 1.88. The van der Waals surface area contributed by atoms with Crippen LogP contribution in [-0.4, -0.2) is 60.3 Å². The number of benzene rings is 2. The average molecular weight is 424 g/mol. The summed E-state index contributed by atoms with van der Waals surface area (Å²) in [5.41, 5.74) is 2.37. The number of hydrogen-bond acceptors (Lipinski definition) is 4. The summed E-state index contributed by atoms with van der Waals surface area (Å²) in [4.78, 5) is 9.29. The van der Waals surface area contributed by atoms with Gasteiger partial charge in [-0.15, -0.1) is 0 Å².